The molecule has 0 aliphatic carbocycles. The summed E-state index contributed by atoms with van der Waals surface area (Å²) in [4.78, 5) is 14.2. The van der Waals surface area contributed by atoms with Gasteiger partial charge in [0.1, 0.15) is 5.75 Å². The molecule has 1 aromatic carbocycles. The fourth-order valence-corrected chi connectivity index (χ4v) is 2.70. The van der Waals surface area contributed by atoms with Crippen molar-refractivity contribution in [2.24, 2.45) is 5.92 Å². The van der Waals surface area contributed by atoms with E-state index in [0.29, 0.717) is 22.6 Å². The number of methoxy groups -OCH3 is 1. The van der Waals surface area contributed by atoms with Crippen LogP contribution in [0.4, 0.5) is 0 Å². The highest BCUT2D eigenvalue weighted by atomic mass is 79.9. The molecule has 19 heavy (non-hydrogen) atoms. The molecule has 1 saturated heterocycles. The second kappa shape index (κ2) is 6.39. The Hall–Kier alpha value is -1.07. The molecule has 0 spiro atoms. The lowest BCUT2D eigenvalue weighted by atomic mass is 9.98. The van der Waals surface area contributed by atoms with Gasteiger partial charge in [0.2, 0.25) is 0 Å². The Bertz CT molecular complexity index is 462. The predicted molar refractivity (Wildman–Crippen MR) is 76.3 cm³/mol. The topological polar surface area (TPSA) is 49.8 Å². The molecule has 1 atom stereocenters. The van der Waals surface area contributed by atoms with Gasteiger partial charge in [-0.1, -0.05) is 0 Å². The molecule has 1 unspecified atom stereocenters. The number of aromatic hydroxyl groups is 1. The van der Waals surface area contributed by atoms with Gasteiger partial charge in [-0.25, -0.2) is 0 Å². The molecular weight excluding hydrogens is 310 g/mol. The zero-order valence-electron chi connectivity index (χ0n) is 10.9. The normalized spacial score (nSPS) is 19.5. The van der Waals surface area contributed by atoms with Gasteiger partial charge in [0.05, 0.1) is 11.1 Å². The van der Waals surface area contributed by atoms with Crippen LogP contribution in [0.25, 0.3) is 0 Å². The van der Waals surface area contributed by atoms with Gasteiger partial charge < -0.3 is 14.7 Å². The molecule has 1 aliphatic heterocycles. The number of nitrogens with zero attached hydrogens (tertiary/aromatic N) is 1. The number of likely N-dealkylation sites (tertiary alicyclic amines) is 1. The zero-order valence-corrected chi connectivity index (χ0v) is 12.5. The Morgan fingerprint density at radius 2 is 2.37 bits per heavy atom. The average Bonchev–Trinajstić information content (AvgIpc) is 2.42. The van der Waals surface area contributed by atoms with E-state index in [-0.39, 0.29) is 11.7 Å². The lowest BCUT2D eigenvalue weighted by molar-refractivity contribution is 0.0570. The molecular formula is C14H18BrNO3. The number of ether oxygens (including phenoxy) is 1. The van der Waals surface area contributed by atoms with E-state index in [9.17, 15) is 9.90 Å². The molecule has 104 valence electrons. The molecule has 5 heteroatoms. The predicted octanol–water partition coefficient (Wildman–Crippen LogP) is 2.65. The van der Waals surface area contributed by atoms with Crippen molar-refractivity contribution >= 4 is 21.8 Å². The molecule has 1 aromatic rings. The van der Waals surface area contributed by atoms with Crippen molar-refractivity contribution in [3.63, 3.8) is 0 Å². The van der Waals surface area contributed by atoms with E-state index in [1.807, 2.05) is 4.90 Å². The van der Waals surface area contributed by atoms with E-state index in [4.69, 9.17) is 4.74 Å². The highest BCUT2D eigenvalue weighted by Gasteiger charge is 2.24. The molecule has 4 nitrogen and oxygen atoms in total. The Kier molecular flexibility index (Phi) is 4.82. The van der Waals surface area contributed by atoms with Crippen LogP contribution in [0.2, 0.25) is 0 Å². The van der Waals surface area contributed by atoms with E-state index in [2.05, 4.69) is 15.9 Å². The Balaban J connectivity index is 2.08. The Morgan fingerprint density at radius 1 is 1.58 bits per heavy atom. The minimum absolute atomic E-state index is 0.0244. The van der Waals surface area contributed by atoms with Crippen LogP contribution in [0.3, 0.4) is 0 Å². The maximum atomic E-state index is 12.4. The molecule has 1 amide bonds. The Morgan fingerprint density at radius 3 is 3.05 bits per heavy atom. The summed E-state index contributed by atoms with van der Waals surface area (Å²) < 4.78 is 5.76. The van der Waals surface area contributed by atoms with E-state index >= 15 is 0 Å². The lowest BCUT2D eigenvalue weighted by Gasteiger charge is -2.32. The molecule has 1 heterocycles. The SMILES string of the molecule is COCC1CCCN(C(=O)c2ccc(Br)c(O)c2)C1. The number of phenolic OH excluding ortho intramolecular Hbond substituents is 1. The third kappa shape index (κ3) is 3.48. The summed E-state index contributed by atoms with van der Waals surface area (Å²) in [6, 6.07) is 4.93. The number of piperidine rings is 1. The number of hydrogen-bond acceptors (Lipinski definition) is 3. The summed E-state index contributed by atoms with van der Waals surface area (Å²) in [5.41, 5.74) is 0.527. The van der Waals surface area contributed by atoms with Crippen LogP contribution in [0.1, 0.15) is 23.2 Å². The standard InChI is InChI=1S/C14H18BrNO3/c1-19-9-10-3-2-6-16(8-10)14(18)11-4-5-12(15)13(17)7-11/h4-5,7,10,17H,2-3,6,8-9H2,1H3. The van der Waals surface area contributed by atoms with Crippen LogP contribution >= 0.6 is 15.9 Å². The summed E-state index contributed by atoms with van der Waals surface area (Å²) in [6.45, 7) is 2.19. The van der Waals surface area contributed by atoms with Crippen molar-refractivity contribution in [2.45, 2.75) is 12.8 Å². The summed E-state index contributed by atoms with van der Waals surface area (Å²) in [7, 11) is 1.69. The maximum absolute atomic E-state index is 12.4. The first-order valence-corrected chi connectivity index (χ1v) is 7.18. The van der Waals surface area contributed by atoms with Crippen molar-refractivity contribution in [1.82, 2.24) is 4.90 Å². The molecule has 0 saturated carbocycles. The molecule has 0 bridgehead atoms. The number of rotatable bonds is 3. The first-order valence-electron chi connectivity index (χ1n) is 6.38. The first kappa shape index (κ1) is 14.3. The number of carbonyl (C=O) groups is 1. The zero-order chi connectivity index (χ0) is 13.8. The second-order valence-electron chi connectivity index (χ2n) is 4.88. The third-order valence-corrected chi connectivity index (χ3v) is 4.07. The monoisotopic (exact) mass is 327 g/mol. The van der Waals surface area contributed by atoms with Crippen LogP contribution in [0.15, 0.2) is 22.7 Å². The number of phenols is 1. The van der Waals surface area contributed by atoms with Crippen LogP contribution < -0.4 is 0 Å². The Labute approximate surface area is 121 Å². The van der Waals surface area contributed by atoms with Gasteiger partial charge in [0, 0.05) is 25.8 Å². The second-order valence-corrected chi connectivity index (χ2v) is 5.74. The number of benzene rings is 1. The smallest absolute Gasteiger partial charge is 0.253 e. The van der Waals surface area contributed by atoms with Gasteiger partial charge in [0.15, 0.2) is 0 Å². The number of hydrogen-bond donors (Lipinski definition) is 1. The van der Waals surface area contributed by atoms with E-state index < -0.39 is 0 Å². The summed E-state index contributed by atoms with van der Waals surface area (Å²) in [5, 5.41) is 9.65. The van der Waals surface area contributed by atoms with Crippen molar-refractivity contribution in [3.8, 4) is 5.75 Å². The third-order valence-electron chi connectivity index (χ3n) is 3.40. The first-order chi connectivity index (χ1) is 9.11. The van der Waals surface area contributed by atoms with Crippen molar-refractivity contribution in [1.29, 1.82) is 0 Å². The largest absolute Gasteiger partial charge is 0.507 e. The summed E-state index contributed by atoms with van der Waals surface area (Å²) in [6.07, 6.45) is 2.10. The van der Waals surface area contributed by atoms with Gasteiger partial charge in [-0.3, -0.25) is 4.79 Å². The van der Waals surface area contributed by atoms with Gasteiger partial charge in [-0.2, -0.15) is 0 Å². The molecule has 1 fully saturated rings. The number of halogens is 1. The molecule has 0 radical (unpaired) electrons. The summed E-state index contributed by atoms with van der Waals surface area (Å²) in [5.74, 6) is 0.478. The van der Waals surface area contributed by atoms with Crippen LogP contribution in [-0.4, -0.2) is 42.7 Å². The average molecular weight is 328 g/mol. The molecule has 1 N–H and O–H groups in total. The van der Waals surface area contributed by atoms with E-state index in [1.165, 1.54) is 6.07 Å². The summed E-state index contributed by atoms with van der Waals surface area (Å²) >= 11 is 3.21. The van der Waals surface area contributed by atoms with Gasteiger partial charge in [0.25, 0.3) is 5.91 Å². The van der Waals surface area contributed by atoms with Crippen LogP contribution in [-0.2, 0) is 4.74 Å². The van der Waals surface area contributed by atoms with Crippen molar-refractivity contribution < 1.29 is 14.6 Å². The lowest BCUT2D eigenvalue weighted by Crippen LogP contribution is -2.41. The highest BCUT2D eigenvalue weighted by molar-refractivity contribution is 9.10. The minimum Gasteiger partial charge on any atom is -0.507 e. The molecule has 0 aromatic heterocycles. The highest BCUT2D eigenvalue weighted by Crippen LogP contribution is 2.26. The number of carbonyl (C=O) groups excluding carboxylic acids is 1. The van der Waals surface area contributed by atoms with Gasteiger partial charge in [-0.05, 0) is 52.9 Å². The van der Waals surface area contributed by atoms with Crippen molar-refractivity contribution in [2.75, 3.05) is 26.8 Å². The van der Waals surface area contributed by atoms with Gasteiger partial charge in [-0.15, -0.1) is 0 Å². The van der Waals surface area contributed by atoms with E-state index in [1.54, 1.807) is 19.2 Å². The van der Waals surface area contributed by atoms with Crippen LogP contribution in [0, 0.1) is 5.92 Å². The quantitative estimate of drug-likeness (QED) is 0.928. The van der Waals surface area contributed by atoms with Crippen molar-refractivity contribution in [3.05, 3.63) is 28.2 Å². The van der Waals surface area contributed by atoms with Crippen LogP contribution in [0.5, 0.6) is 5.75 Å². The number of amides is 1. The molecule has 1 aliphatic rings. The minimum atomic E-state index is -0.0244. The fourth-order valence-electron chi connectivity index (χ4n) is 2.45. The molecule has 2 rings (SSSR count). The van der Waals surface area contributed by atoms with E-state index in [0.717, 1.165) is 25.9 Å². The maximum Gasteiger partial charge on any atom is 0.253 e. The fraction of sp³-hybridized carbons (Fsp3) is 0.500. The van der Waals surface area contributed by atoms with Gasteiger partial charge >= 0.3 is 0 Å².